The van der Waals surface area contributed by atoms with Gasteiger partial charge in [-0.25, -0.2) is 9.97 Å². The first kappa shape index (κ1) is 12.4. The number of hydrogen-bond donors (Lipinski definition) is 1. The number of aryl methyl sites for hydroxylation is 1. The fourth-order valence-electron chi connectivity index (χ4n) is 1.18. The molecule has 1 rings (SSSR count). The topological polar surface area (TPSA) is 58.1 Å². The van der Waals surface area contributed by atoms with Crippen LogP contribution in [0.3, 0.4) is 0 Å². The number of nitrogens with one attached hydrogen (secondary N) is 1. The minimum absolute atomic E-state index is 0.00114. The maximum atomic E-state index is 11.3. The van der Waals surface area contributed by atoms with E-state index in [0.29, 0.717) is 5.95 Å². The van der Waals surface area contributed by atoms with Gasteiger partial charge in [-0.05, 0) is 12.0 Å². The summed E-state index contributed by atoms with van der Waals surface area (Å²) in [4.78, 5) is 21.1. The Kier molecular flexibility index (Phi) is 4.69. The number of likely N-dealkylation sites (N-methyl/N-ethyl adjacent to an activating group) is 1. The van der Waals surface area contributed by atoms with Crippen molar-refractivity contribution in [3.05, 3.63) is 18.0 Å². The lowest BCUT2D eigenvalue weighted by molar-refractivity contribution is -0.126. The van der Waals surface area contributed by atoms with Crippen molar-refractivity contribution in [2.24, 2.45) is 0 Å². The molecule has 1 amide bonds. The Morgan fingerprint density at radius 3 is 2.50 bits per heavy atom. The van der Waals surface area contributed by atoms with Gasteiger partial charge in [0.25, 0.3) is 0 Å². The molecule has 0 aliphatic heterocycles. The van der Waals surface area contributed by atoms with Gasteiger partial charge in [-0.1, -0.05) is 13.3 Å². The summed E-state index contributed by atoms with van der Waals surface area (Å²) in [5.41, 5.74) is 1.12. The van der Waals surface area contributed by atoms with Gasteiger partial charge < -0.3 is 10.2 Å². The van der Waals surface area contributed by atoms with E-state index in [1.54, 1.807) is 26.5 Å². The summed E-state index contributed by atoms with van der Waals surface area (Å²) >= 11 is 0. The number of rotatable bonds is 5. The summed E-state index contributed by atoms with van der Waals surface area (Å²) in [6.07, 6.45) is 5.64. The largest absolute Gasteiger partial charge is 0.347 e. The molecule has 1 heterocycles. The number of carbonyl (C=O) groups is 1. The molecule has 0 radical (unpaired) electrons. The minimum Gasteiger partial charge on any atom is -0.347 e. The quantitative estimate of drug-likeness (QED) is 0.805. The third-order valence-electron chi connectivity index (χ3n) is 2.14. The minimum atomic E-state index is 0.00114. The lowest BCUT2D eigenvalue weighted by Crippen LogP contribution is -2.29. The van der Waals surface area contributed by atoms with E-state index < -0.39 is 0 Å². The Morgan fingerprint density at radius 1 is 1.38 bits per heavy atom. The molecule has 16 heavy (non-hydrogen) atoms. The first-order valence-corrected chi connectivity index (χ1v) is 5.38. The lowest BCUT2D eigenvalue weighted by atomic mass is 10.2. The van der Waals surface area contributed by atoms with Gasteiger partial charge in [0.2, 0.25) is 11.9 Å². The lowest BCUT2D eigenvalue weighted by Gasteiger charge is -2.10. The number of carbonyl (C=O) groups excluding carboxylic acids is 1. The maximum absolute atomic E-state index is 11.3. The number of anilines is 1. The second-order valence-corrected chi connectivity index (χ2v) is 3.81. The molecule has 0 saturated carbocycles. The van der Waals surface area contributed by atoms with E-state index in [1.807, 2.05) is 0 Å². The van der Waals surface area contributed by atoms with E-state index >= 15 is 0 Å². The van der Waals surface area contributed by atoms with Gasteiger partial charge in [0.15, 0.2) is 0 Å². The molecule has 0 fully saturated rings. The Balaban J connectivity index is 2.46. The number of hydrogen-bond acceptors (Lipinski definition) is 4. The van der Waals surface area contributed by atoms with Crippen molar-refractivity contribution < 1.29 is 4.79 Å². The number of amides is 1. The molecule has 5 heteroatoms. The molecule has 0 atom stereocenters. The third-order valence-corrected chi connectivity index (χ3v) is 2.14. The summed E-state index contributed by atoms with van der Waals surface area (Å²) in [5, 5.41) is 2.88. The number of aromatic nitrogens is 2. The first-order valence-electron chi connectivity index (χ1n) is 5.38. The molecule has 0 saturated heterocycles. The zero-order valence-electron chi connectivity index (χ0n) is 10.0. The highest BCUT2D eigenvalue weighted by atomic mass is 16.2. The van der Waals surface area contributed by atoms with Crippen LogP contribution in [0.1, 0.15) is 18.9 Å². The predicted molar refractivity (Wildman–Crippen MR) is 63.2 cm³/mol. The van der Waals surface area contributed by atoms with Crippen LogP contribution in [0.5, 0.6) is 0 Å². The standard InChI is InChI=1S/C11H18N4O/c1-4-5-9-6-12-11(13-7-9)14-8-10(16)15(2)3/h6-7H,4-5,8H2,1-3H3,(H,12,13,14). The summed E-state index contributed by atoms with van der Waals surface area (Å²) in [6, 6.07) is 0. The third kappa shape index (κ3) is 3.84. The SMILES string of the molecule is CCCc1cnc(NCC(=O)N(C)C)nc1. The molecule has 88 valence electrons. The molecule has 0 aliphatic carbocycles. The first-order chi connectivity index (χ1) is 7.63. The van der Waals surface area contributed by atoms with Crippen molar-refractivity contribution >= 4 is 11.9 Å². The van der Waals surface area contributed by atoms with Gasteiger partial charge in [0.1, 0.15) is 0 Å². The van der Waals surface area contributed by atoms with Crippen molar-refractivity contribution in [1.82, 2.24) is 14.9 Å². The van der Waals surface area contributed by atoms with Gasteiger partial charge in [-0.3, -0.25) is 4.79 Å². The molecule has 1 aromatic rings. The van der Waals surface area contributed by atoms with Crippen LogP contribution in [0, 0.1) is 0 Å². The highest BCUT2D eigenvalue weighted by Gasteiger charge is 2.04. The van der Waals surface area contributed by atoms with Crippen molar-refractivity contribution in [3.63, 3.8) is 0 Å². The van der Waals surface area contributed by atoms with Crippen LogP contribution >= 0.6 is 0 Å². The fourth-order valence-corrected chi connectivity index (χ4v) is 1.18. The van der Waals surface area contributed by atoms with E-state index in [4.69, 9.17) is 0 Å². The molecular weight excluding hydrogens is 204 g/mol. The van der Waals surface area contributed by atoms with Gasteiger partial charge in [0.05, 0.1) is 6.54 Å². The van der Waals surface area contributed by atoms with Crippen molar-refractivity contribution in [2.75, 3.05) is 26.0 Å². The Labute approximate surface area is 95.9 Å². The zero-order valence-corrected chi connectivity index (χ0v) is 10.0. The highest BCUT2D eigenvalue weighted by molar-refractivity contribution is 5.79. The van der Waals surface area contributed by atoms with E-state index in [9.17, 15) is 4.79 Å². The summed E-state index contributed by atoms with van der Waals surface area (Å²) < 4.78 is 0. The number of nitrogens with zero attached hydrogens (tertiary/aromatic N) is 3. The van der Waals surface area contributed by atoms with Gasteiger partial charge in [0, 0.05) is 26.5 Å². The average Bonchev–Trinajstić information content (AvgIpc) is 2.28. The molecule has 0 aromatic carbocycles. The summed E-state index contributed by atoms with van der Waals surface area (Å²) in [7, 11) is 3.43. The van der Waals surface area contributed by atoms with E-state index in [1.165, 1.54) is 4.90 Å². The second kappa shape index (κ2) is 6.05. The van der Waals surface area contributed by atoms with E-state index in [0.717, 1.165) is 18.4 Å². The smallest absolute Gasteiger partial charge is 0.241 e. The molecule has 0 aliphatic rings. The molecule has 5 nitrogen and oxygen atoms in total. The molecule has 1 aromatic heterocycles. The van der Waals surface area contributed by atoms with Crippen molar-refractivity contribution in [2.45, 2.75) is 19.8 Å². The van der Waals surface area contributed by atoms with Crippen LogP contribution < -0.4 is 5.32 Å². The summed E-state index contributed by atoms with van der Waals surface area (Å²) in [6.45, 7) is 2.34. The van der Waals surface area contributed by atoms with E-state index in [2.05, 4.69) is 22.2 Å². The van der Waals surface area contributed by atoms with Crippen LogP contribution in [0.25, 0.3) is 0 Å². The van der Waals surface area contributed by atoms with Crippen LogP contribution in [0.2, 0.25) is 0 Å². The summed E-state index contributed by atoms with van der Waals surface area (Å²) in [5.74, 6) is 0.497. The predicted octanol–water partition coefficient (Wildman–Crippen LogP) is 0.929. The van der Waals surface area contributed by atoms with Gasteiger partial charge >= 0.3 is 0 Å². The van der Waals surface area contributed by atoms with Crippen LogP contribution in [0.4, 0.5) is 5.95 Å². The van der Waals surface area contributed by atoms with Gasteiger partial charge in [-0.15, -0.1) is 0 Å². The maximum Gasteiger partial charge on any atom is 0.241 e. The van der Waals surface area contributed by atoms with Gasteiger partial charge in [-0.2, -0.15) is 0 Å². The van der Waals surface area contributed by atoms with E-state index in [-0.39, 0.29) is 12.5 Å². The zero-order chi connectivity index (χ0) is 12.0. The van der Waals surface area contributed by atoms with Crippen molar-refractivity contribution in [3.8, 4) is 0 Å². The molecule has 1 N–H and O–H groups in total. The fraction of sp³-hybridized carbons (Fsp3) is 0.545. The molecule has 0 spiro atoms. The second-order valence-electron chi connectivity index (χ2n) is 3.81. The molecule has 0 bridgehead atoms. The Hall–Kier alpha value is -1.65. The molecular formula is C11H18N4O. The Morgan fingerprint density at radius 2 is 2.00 bits per heavy atom. The van der Waals surface area contributed by atoms with Crippen LogP contribution in [-0.2, 0) is 11.2 Å². The highest BCUT2D eigenvalue weighted by Crippen LogP contribution is 2.02. The van der Waals surface area contributed by atoms with Crippen LogP contribution in [-0.4, -0.2) is 41.4 Å². The normalized spacial score (nSPS) is 9.94. The Bertz CT molecular complexity index is 334. The van der Waals surface area contributed by atoms with Crippen LogP contribution in [0.15, 0.2) is 12.4 Å². The molecule has 0 unspecified atom stereocenters. The van der Waals surface area contributed by atoms with Crippen molar-refractivity contribution in [1.29, 1.82) is 0 Å². The average molecular weight is 222 g/mol. The monoisotopic (exact) mass is 222 g/mol.